The van der Waals surface area contributed by atoms with E-state index in [1.807, 2.05) is 0 Å². The molecule has 0 N–H and O–H groups in total. The van der Waals surface area contributed by atoms with Gasteiger partial charge in [0.1, 0.15) is 0 Å². The van der Waals surface area contributed by atoms with E-state index in [-0.39, 0.29) is 0 Å². The molecule has 0 heterocycles. The van der Waals surface area contributed by atoms with Crippen LogP contribution in [0.1, 0.15) is 52.9 Å². The highest BCUT2D eigenvalue weighted by Gasteiger charge is 2.09. The Hall–Kier alpha value is -0.520. The molecule has 0 spiro atoms. The molecule has 0 radical (unpaired) electrons. The molecule has 0 aliphatic heterocycles. The maximum atomic E-state index is 2.46. The van der Waals surface area contributed by atoms with E-state index in [2.05, 4.69) is 32.9 Å². The van der Waals surface area contributed by atoms with Gasteiger partial charge in [-0.2, -0.15) is 0 Å². The highest BCUT2D eigenvalue weighted by atomic mass is 14.1. The molecule has 0 unspecified atom stereocenters. The Morgan fingerprint density at radius 3 is 2.92 bits per heavy atom. The van der Waals surface area contributed by atoms with Crippen LogP contribution in [0, 0.1) is 5.92 Å². The van der Waals surface area contributed by atoms with E-state index in [0.29, 0.717) is 0 Å². The van der Waals surface area contributed by atoms with Gasteiger partial charge in [-0.1, -0.05) is 30.2 Å². The van der Waals surface area contributed by atoms with E-state index < -0.39 is 0 Å². The van der Waals surface area contributed by atoms with Crippen LogP contribution < -0.4 is 0 Å². The zero-order valence-electron chi connectivity index (χ0n) is 9.27. The number of hydrogen-bond donors (Lipinski definition) is 0. The van der Waals surface area contributed by atoms with Gasteiger partial charge in [0, 0.05) is 0 Å². The van der Waals surface area contributed by atoms with Gasteiger partial charge in [-0.05, 0) is 51.9 Å². The predicted molar refractivity (Wildman–Crippen MR) is 59.8 cm³/mol. The van der Waals surface area contributed by atoms with E-state index in [1.54, 1.807) is 5.57 Å². The van der Waals surface area contributed by atoms with Gasteiger partial charge in [0.25, 0.3) is 0 Å². The minimum Gasteiger partial charge on any atom is -0.0856 e. The molecule has 0 heteroatoms. The highest BCUT2D eigenvalue weighted by molar-refractivity contribution is 5.08. The predicted octanol–water partition coefficient (Wildman–Crippen LogP) is 4.48. The van der Waals surface area contributed by atoms with Gasteiger partial charge in [0.05, 0.1) is 0 Å². The zero-order chi connectivity index (χ0) is 9.68. The van der Waals surface area contributed by atoms with Crippen molar-refractivity contribution in [2.24, 2.45) is 5.92 Å². The standard InChI is InChI=1S/C13H22/c1-11(2)6-4-8-13-9-5-7-12(3)10-13/h6,9,12H,4-5,7-8,10H2,1-3H3/t12-/m0/s1. The highest BCUT2D eigenvalue weighted by Crippen LogP contribution is 2.26. The fourth-order valence-electron chi connectivity index (χ4n) is 1.96. The first-order valence-electron chi connectivity index (χ1n) is 5.49. The summed E-state index contributed by atoms with van der Waals surface area (Å²) >= 11 is 0. The molecule has 0 nitrogen and oxygen atoms in total. The molecule has 0 saturated heterocycles. The van der Waals surface area contributed by atoms with Crippen LogP contribution in [-0.2, 0) is 0 Å². The van der Waals surface area contributed by atoms with Crippen LogP contribution in [0.25, 0.3) is 0 Å². The fourth-order valence-corrected chi connectivity index (χ4v) is 1.96. The second kappa shape index (κ2) is 5.26. The molecule has 74 valence electrons. The molecular formula is C13H22. The van der Waals surface area contributed by atoms with Gasteiger partial charge in [-0.25, -0.2) is 0 Å². The summed E-state index contributed by atoms with van der Waals surface area (Å²) in [5.41, 5.74) is 3.14. The van der Waals surface area contributed by atoms with E-state index in [0.717, 1.165) is 5.92 Å². The quantitative estimate of drug-likeness (QED) is 0.559. The smallest absolute Gasteiger partial charge is 0.0285 e. The third-order valence-corrected chi connectivity index (χ3v) is 2.72. The summed E-state index contributed by atoms with van der Waals surface area (Å²) in [6, 6.07) is 0. The van der Waals surface area contributed by atoms with Crippen LogP contribution in [0.4, 0.5) is 0 Å². The second-order valence-corrected chi connectivity index (χ2v) is 4.57. The van der Waals surface area contributed by atoms with Crippen LogP contribution in [0.2, 0.25) is 0 Å². The van der Waals surface area contributed by atoms with Crippen molar-refractivity contribution in [2.45, 2.75) is 52.9 Å². The summed E-state index contributed by atoms with van der Waals surface area (Å²) in [5, 5.41) is 0. The Balaban J connectivity index is 2.29. The second-order valence-electron chi connectivity index (χ2n) is 4.57. The van der Waals surface area contributed by atoms with Crippen molar-refractivity contribution in [2.75, 3.05) is 0 Å². The van der Waals surface area contributed by atoms with E-state index in [1.165, 1.54) is 37.7 Å². The molecular weight excluding hydrogens is 156 g/mol. The lowest BCUT2D eigenvalue weighted by molar-refractivity contribution is 0.500. The van der Waals surface area contributed by atoms with E-state index in [4.69, 9.17) is 0 Å². The summed E-state index contributed by atoms with van der Waals surface area (Å²) in [7, 11) is 0. The van der Waals surface area contributed by atoms with Crippen molar-refractivity contribution in [1.29, 1.82) is 0 Å². The lowest BCUT2D eigenvalue weighted by Gasteiger charge is -2.18. The monoisotopic (exact) mass is 178 g/mol. The first-order chi connectivity index (χ1) is 6.18. The van der Waals surface area contributed by atoms with Gasteiger partial charge in [0.2, 0.25) is 0 Å². The Morgan fingerprint density at radius 2 is 2.31 bits per heavy atom. The fraction of sp³-hybridized carbons (Fsp3) is 0.692. The topological polar surface area (TPSA) is 0 Å². The summed E-state index contributed by atoms with van der Waals surface area (Å²) < 4.78 is 0. The lowest BCUT2D eigenvalue weighted by Crippen LogP contribution is -2.02. The molecule has 0 amide bonds. The third-order valence-electron chi connectivity index (χ3n) is 2.72. The van der Waals surface area contributed by atoms with Crippen LogP contribution in [0.3, 0.4) is 0 Å². The molecule has 1 aliphatic rings. The molecule has 0 fully saturated rings. The first kappa shape index (κ1) is 10.6. The van der Waals surface area contributed by atoms with Gasteiger partial charge in [-0.3, -0.25) is 0 Å². The lowest BCUT2D eigenvalue weighted by atomic mass is 9.88. The van der Waals surface area contributed by atoms with Crippen molar-refractivity contribution in [3.8, 4) is 0 Å². The molecule has 1 aliphatic carbocycles. The molecule has 0 aromatic carbocycles. The van der Waals surface area contributed by atoms with Crippen LogP contribution >= 0.6 is 0 Å². The zero-order valence-corrected chi connectivity index (χ0v) is 9.27. The van der Waals surface area contributed by atoms with Crippen molar-refractivity contribution < 1.29 is 0 Å². The summed E-state index contributed by atoms with van der Waals surface area (Å²) in [6.07, 6.45) is 11.4. The average molecular weight is 178 g/mol. The number of hydrogen-bond acceptors (Lipinski definition) is 0. The van der Waals surface area contributed by atoms with Crippen LogP contribution in [-0.4, -0.2) is 0 Å². The van der Waals surface area contributed by atoms with Crippen molar-refractivity contribution in [3.63, 3.8) is 0 Å². The number of allylic oxidation sites excluding steroid dienone is 4. The molecule has 0 saturated carbocycles. The molecule has 0 bridgehead atoms. The van der Waals surface area contributed by atoms with Crippen LogP contribution in [0.15, 0.2) is 23.3 Å². The molecule has 0 aromatic heterocycles. The van der Waals surface area contributed by atoms with Crippen molar-refractivity contribution in [1.82, 2.24) is 0 Å². The largest absolute Gasteiger partial charge is 0.0856 e. The van der Waals surface area contributed by atoms with Crippen molar-refractivity contribution >= 4 is 0 Å². The van der Waals surface area contributed by atoms with Crippen LogP contribution in [0.5, 0.6) is 0 Å². The Morgan fingerprint density at radius 1 is 1.54 bits per heavy atom. The Labute approximate surface area is 82.7 Å². The minimum atomic E-state index is 0.923. The summed E-state index contributed by atoms with van der Waals surface area (Å²) in [4.78, 5) is 0. The Kier molecular flexibility index (Phi) is 4.27. The van der Waals surface area contributed by atoms with E-state index >= 15 is 0 Å². The van der Waals surface area contributed by atoms with Crippen molar-refractivity contribution in [3.05, 3.63) is 23.3 Å². The SMILES string of the molecule is CC(C)=CCCC1=CCC[C@H](C)C1. The number of rotatable bonds is 3. The first-order valence-corrected chi connectivity index (χ1v) is 5.49. The van der Waals surface area contributed by atoms with Gasteiger partial charge in [-0.15, -0.1) is 0 Å². The summed E-state index contributed by atoms with van der Waals surface area (Å²) in [5.74, 6) is 0.923. The maximum Gasteiger partial charge on any atom is -0.0285 e. The van der Waals surface area contributed by atoms with Gasteiger partial charge >= 0.3 is 0 Å². The minimum absolute atomic E-state index is 0.923. The molecule has 13 heavy (non-hydrogen) atoms. The molecule has 1 rings (SSSR count). The van der Waals surface area contributed by atoms with E-state index in [9.17, 15) is 0 Å². The summed E-state index contributed by atoms with van der Waals surface area (Å²) in [6.45, 7) is 6.73. The molecule has 0 aromatic rings. The Bertz CT molecular complexity index is 204. The van der Waals surface area contributed by atoms with Gasteiger partial charge in [0.15, 0.2) is 0 Å². The normalized spacial score (nSPS) is 22.4. The maximum absolute atomic E-state index is 2.46. The van der Waals surface area contributed by atoms with Gasteiger partial charge < -0.3 is 0 Å². The average Bonchev–Trinajstić information content (AvgIpc) is 2.03. The third kappa shape index (κ3) is 4.31. The molecule has 1 atom stereocenters.